The van der Waals surface area contributed by atoms with E-state index in [0.29, 0.717) is 33.3 Å². The molecule has 3 aromatic carbocycles. The standard InChI is InChI=1S/C24H17ClN4O3/c1-31-23-10-14(6-8-20(23)30)22-12-19(17-11-15(25)7-9-21(17)32-22)28-29-24-16-4-2-3-5-18(16)26-13-27-24/h2-13,30H,1H3,(H,26,27,29)/b28-19+. The zero-order valence-corrected chi connectivity index (χ0v) is 17.7. The predicted octanol–water partition coefficient (Wildman–Crippen LogP) is 5.34. The average molecular weight is 445 g/mol. The van der Waals surface area contributed by atoms with Gasteiger partial charge in [0, 0.05) is 27.4 Å². The first kappa shape index (κ1) is 19.8. The molecule has 32 heavy (non-hydrogen) atoms. The summed E-state index contributed by atoms with van der Waals surface area (Å²) in [5.41, 5.74) is 5.19. The number of rotatable bonds is 4. The number of hydrogen-bond donors (Lipinski definition) is 2. The molecule has 2 heterocycles. The number of anilines is 1. The van der Waals surface area contributed by atoms with E-state index in [9.17, 15) is 5.11 Å². The molecule has 0 saturated heterocycles. The molecular weight excluding hydrogens is 428 g/mol. The van der Waals surface area contributed by atoms with Crippen molar-refractivity contribution < 1.29 is 14.3 Å². The smallest absolute Gasteiger partial charge is 0.161 e. The number of phenolic OH excluding ortho intramolecular Hbond substituents is 1. The summed E-state index contributed by atoms with van der Waals surface area (Å²) in [5, 5.41) is 17.3. The van der Waals surface area contributed by atoms with Crippen molar-refractivity contribution in [1.82, 2.24) is 9.97 Å². The first-order valence-corrected chi connectivity index (χ1v) is 10.1. The fraction of sp³-hybridized carbons (Fsp3) is 0.0417. The SMILES string of the molecule is COc1cc(-c2c/c(=N\Nc3ncnc4ccccc34)c3cc(Cl)ccc3o2)ccc1O. The highest BCUT2D eigenvalue weighted by Gasteiger charge is 2.10. The second kappa shape index (κ2) is 8.20. The van der Waals surface area contributed by atoms with Gasteiger partial charge in [-0.25, -0.2) is 9.97 Å². The molecule has 2 N–H and O–H groups in total. The summed E-state index contributed by atoms with van der Waals surface area (Å²) in [6.07, 6.45) is 1.49. The Morgan fingerprint density at radius 1 is 1.00 bits per heavy atom. The van der Waals surface area contributed by atoms with Crippen LogP contribution in [-0.4, -0.2) is 22.2 Å². The number of ether oxygens (including phenoxy) is 1. The molecular formula is C24H17ClN4O3. The zero-order valence-electron chi connectivity index (χ0n) is 16.9. The van der Waals surface area contributed by atoms with Gasteiger partial charge in [0.25, 0.3) is 0 Å². The van der Waals surface area contributed by atoms with E-state index >= 15 is 0 Å². The average Bonchev–Trinajstić information content (AvgIpc) is 2.82. The summed E-state index contributed by atoms with van der Waals surface area (Å²) in [6, 6.07) is 19.8. The number of phenols is 1. The lowest BCUT2D eigenvalue weighted by molar-refractivity contribution is 0.373. The quantitative estimate of drug-likeness (QED) is 0.363. The summed E-state index contributed by atoms with van der Waals surface area (Å²) in [7, 11) is 1.50. The minimum atomic E-state index is 0.0473. The van der Waals surface area contributed by atoms with Crippen LogP contribution in [-0.2, 0) is 0 Å². The van der Waals surface area contributed by atoms with Gasteiger partial charge >= 0.3 is 0 Å². The second-order valence-electron chi connectivity index (χ2n) is 6.99. The highest BCUT2D eigenvalue weighted by Crippen LogP contribution is 2.32. The van der Waals surface area contributed by atoms with E-state index in [4.69, 9.17) is 20.8 Å². The molecule has 2 aromatic heterocycles. The lowest BCUT2D eigenvalue weighted by atomic mass is 10.1. The Morgan fingerprint density at radius 2 is 1.88 bits per heavy atom. The molecule has 5 aromatic rings. The van der Waals surface area contributed by atoms with Crippen molar-refractivity contribution in [2.45, 2.75) is 0 Å². The maximum absolute atomic E-state index is 9.92. The zero-order chi connectivity index (χ0) is 22.1. The van der Waals surface area contributed by atoms with Gasteiger partial charge in [-0.15, -0.1) is 0 Å². The fourth-order valence-electron chi connectivity index (χ4n) is 3.41. The van der Waals surface area contributed by atoms with E-state index < -0.39 is 0 Å². The number of nitrogens with one attached hydrogen (secondary N) is 1. The Bertz CT molecular complexity index is 1530. The van der Waals surface area contributed by atoms with Crippen LogP contribution in [0.2, 0.25) is 5.02 Å². The minimum Gasteiger partial charge on any atom is -0.504 e. The van der Waals surface area contributed by atoms with Gasteiger partial charge in [0.2, 0.25) is 0 Å². The monoisotopic (exact) mass is 444 g/mol. The van der Waals surface area contributed by atoms with Gasteiger partial charge in [-0.2, -0.15) is 5.10 Å². The summed E-state index contributed by atoms with van der Waals surface area (Å²) < 4.78 is 11.3. The predicted molar refractivity (Wildman–Crippen MR) is 124 cm³/mol. The van der Waals surface area contributed by atoms with Gasteiger partial charge in [0.1, 0.15) is 17.7 Å². The number of aromatic nitrogens is 2. The van der Waals surface area contributed by atoms with Crippen molar-refractivity contribution >= 4 is 39.3 Å². The van der Waals surface area contributed by atoms with Crippen molar-refractivity contribution in [3.8, 4) is 22.8 Å². The number of fused-ring (bicyclic) bond motifs is 2. The summed E-state index contributed by atoms with van der Waals surface area (Å²) in [4.78, 5) is 8.60. The fourth-order valence-corrected chi connectivity index (χ4v) is 3.59. The van der Waals surface area contributed by atoms with Gasteiger partial charge in [-0.3, -0.25) is 5.43 Å². The van der Waals surface area contributed by atoms with Gasteiger partial charge in [-0.05, 0) is 48.5 Å². The third kappa shape index (κ3) is 3.70. The number of halogens is 1. The van der Waals surface area contributed by atoms with Gasteiger partial charge in [0.05, 0.1) is 18.0 Å². The molecule has 0 aliphatic heterocycles. The minimum absolute atomic E-state index is 0.0473. The molecule has 158 valence electrons. The Hall–Kier alpha value is -4.10. The van der Waals surface area contributed by atoms with Crippen molar-refractivity contribution in [3.05, 3.63) is 83.4 Å². The number of para-hydroxylation sites is 1. The molecule has 8 heteroatoms. The highest BCUT2D eigenvalue weighted by atomic mass is 35.5. The normalized spacial score (nSPS) is 11.8. The lowest BCUT2D eigenvalue weighted by Gasteiger charge is -2.09. The van der Waals surface area contributed by atoms with Gasteiger partial charge in [0.15, 0.2) is 17.3 Å². The Labute approximate surface area is 187 Å². The van der Waals surface area contributed by atoms with Crippen LogP contribution in [0.1, 0.15) is 0 Å². The van der Waals surface area contributed by atoms with E-state index in [1.54, 1.807) is 42.5 Å². The molecule has 0 unspecified atom stereocenters. The summed E-state index contributed by atoms with van der Waals surface area (Å²) in [6.45, 7) is 0. The van der Waals surface area contributed by atoms with Crippen LogP contribution in [0.15, 0.2) is 82.6 Å². The largest absolute Gasteiger partial charge is 0.504 e. The van der Waals surface area contributed by atoms with Crippen LogP contribution >= 0.6 is 11.6 Å². The Morgan fingerprint density at radius 3 is 2.75 bits per heavy atom. The molecule has 0 fully saturated rings. The topological polar surface area (TPSA) is 92.8 Å². The van der Waals surface area contributed by atoms with E-state index in [1.165, 1.54) is 13.4 Å². The molecule has 5 rings (SSSR count). The number of aromatic hydroxyl groups is 1. The van der Waals surface area contributed by atoms with Crippen LogP contribution in [0.3, 0.4) is 0 Å². The van der Waals surface area contributed by atoms with Crippen LogP contribution in [0.25, 0.3) is 33.2 Å². The second-order valence-corrected chi connectivity index (χ2v) is 7.42. The van der Waals surface area contributed by atoms with Crippen molar-refractivity contribution in [1.29, 1.82) is 0 Å². The third-order valence-corrected chi connectivity index (χ3v) is 5.23. The van der Waals surface area contributed by atoms with Crippen molar-refractivity contribution in [3.63, 3.8) is 0 Å². The van der Waals surface area contributed by atoms with E-state index in [-0.39, 0.29) is 5.75 Å². The highest BCUT2D eigenvalue weighted by molar-refractivity contribution is 6.31. The maximum Gasteiger partial charge on any atom is 0.161 e. The van der Waals surface area contributed by atoms with E-state index in [0.717, 1.165) is 21.9 Å². The molecule has 0 amide bonds. The van der Waals surface area contributed by atoms with E-state index in [1.807, 2.05) is 24.3 Å². The summed E-state index contributed by atoms with van der Waals surface area (Å²) >= 11 is 6.23. The first-order valence-electron chi connectivity index (χ1n) is 9.72. The summed E-state index contributed by atoms with van der Waals surface area (Å²) in [5.74, 6) is 1.52. The van der Waals surface area contributed by atoms with Gasteiger partial charge < -0.3 is 14.3 Å². The number of benzene rings is 3. The molecule has 0 spiro atoms. The Kier molecular flexibility index (Phi) is 5.09. The molecule has 0 radical (unpaired) electrons. The molecule has 0 aliphatic carbocycles. The third-order valence-electron chi connectivity index (χ3n) is 4.99. The lowest BCUT2D eigenvalue weighted by Crippen LogP contribution is -2.08. The molecule has 0 saturated carbocycles. The van der Waals surface area contributed by atoms with Crippen LogP contribution < -0.4 is 15.5 Å². The Balaban J connectivity index is 1.68. The number of nitrogens with zero attached hydrogens (tertiary/aromatic N) is 3. The molecule has 0 bridgehead atoms. The maximum atomic E-state index is 9.92. The number of methoxy groups -OCH3 is 1. The van der Waals surface area contributed by atoms with E-state index in [2.05, 4.69) is 20.5 Å². The first-order chi connectivity index (χ1) is 15.6. The van der Waals surface area contributed by atoms with Crippen LogP contribution in [0.5, 0.6) is 11.5 Å². The van der Waals surface area contributed by atoms with Gasteiger partial charge in [-0.1, -0.05) is 23.7 Å². The molecule has 7 nitrogen and oxygen atoms in total. The molecule has 0 atom stereocenters. The van der Waals surface area contributed by atoms with Crippen LogP contribution in [0.4, 0.5) is 5.82 Å². The number of hydrogen-bond acceptors (Lipinski definition) is 7. The van der Waals surface area contributed by atoms with Crippen LogP contribution in [0, 0.1) is 0 Å². The van der Waals surface area contributed by atoms with Crippen molar-refractivity contribution in [2.24, 2.45) is 5.10 Å². The van der Waals surface area contributed by atoms with Crippen molar-refractivity contribution in [2.75, 3.05) is 12.5 Å². The molecule has 0 aliphatic rings.